The normalized spacial score (nSPS) is 9.48. The van der Waals surface area contributed by atoms with Crippen LogP contribution in [0.2, 0.25) is 0 Å². The number of primary amides is 1. The third-order valence-corrected chi connectivity index (χ3v) is 3.24. The van der Waals surface area contributed by atoms with Gasteiger partial charge in [-0.3, -0.25) is 4.79 Å². The van der Waals surface area contributed by atoms with Crippen LogP contribution in [-0.4, -0.2) is 18.1 Å². The molecule has 0 atom stereocenters. The van der Waals surface area contributed by atoms with Gasteiger partial charge in [-0.05, 0) is 42.5 Å². The molecule has 2 aromatic carbocycles. The molecule has 0 radical (unpaired) electrons. The topological polar surface area (TPSA) is 85.7 Å². The third-order valence-electron chi connectivity index (χ3n) is 3.24. The number of phenolic OH excluding ortho intramolecular Hbond substituents is 1. The second-order valence-electron chi connectivity index (χ2n) is 4.62. The molecular weight excluding hydrogens is 318 g/mol. The number of hydrogen-bond acceptors (Lipinski definition) is 4. The van der Waals surface area contributed by atoms with Crippen LogP contribution in [0, 0.1) is 0 Å². The van der Waals surface area contributed by atoms with Gasteiger partial charge in [0.1, 0.15) is 22.8 Å². The lowest BCUT2D eigenvalue weighted by atomic mass is 10.1. The van der Waals surface area contributed by atoms with E-state index in [1.54, 1.807) is 42.5 Å². The molecule has 1 aromatic heterocycles. The summed E-state index contributed by atoms with van der Waals surface area (Å²) in [5.74, 6) is 0.718. The Kier molecular flexibility index (Phi) is 7.53. The molecular formula is C20H25NO4. The number of nitrogens with two attached hydrogens (primary N) is 1. The van der Waals surface area contributed by atoms with Crippen molar-refractivity contribution in [3.8, 4) is 22.8 Å². The van der Waals surface area contributed by atoms with Crippen LogP contribution in [0.5, 0.6) is 11.5 Å². The number of aromatic hydroxyl groups is 1. The van der Waals surface area contributed by atoms with Crippen LogP contribution in [-0.2, 0) is 0 Å². The first kappa shape index (κ1) is 20.1. The van der Waals surface area contributed by atoms with Crippen molar-refractivity contribution in [2.75, 3.05) is 7.11 Å². The van der Waals surface area contributed by atoms with Gasteiger partial charge >= 0.3 is 0 Å². The maximum Gasteiger partial charge on any atom is 0.252 e. The summed E-state index contributed by atoms with van der Waals surface area (Å²) in [5.41, 5.74) is 6.87. The standard InChI is InChI=1S/C16H13NO4.2C2H6/c1-20-12-6-10-7-14(9-2-4-11(18)5-3-9)21-15(10)13(8-12)16(17)19;2*1-2/h2-8,18H,1H3,(H2,17,19);2*1-2H3. The van der Waals surface area contributed by atoms with E-state index in [2.05, 4.69) is 0 Å². The van der Waals surface area contributed by atoms with Crippen molar-refractivity contribution in [2.45, 2.75) is 27.7 Å². The van der Waals surface area contributed by atoms with Crippen molar-refractivity contribution < 1.29 is 19.1 Å². The number of phenols is 1. The molecule has 5 nitrogen and oxygen atoms in total. The first-order valence-corrected chi connectivity index (χ1v) is 8.29. The van der Waals surface area contributed by atoms with Crippen molar-refractivity contribution in [2.24, 2.45) is 5.73 Å². The van der Waals surface area contributed by atoms with Gasteiger partial charge in [-0.1, -0.05) is 27.7 Å². The minimum Gasteiger partial charge on any atom is -0.508 e. The number of ether oxygens (including phenoxy) is 1. The third kappa shape index (κ3) is 4.53. The Hall–Kier alpha value is -2.95. The number of methoxy groups -OCH3 is 1. The number of hydrogen-bond donors (Lipinski definition) is 2. The zero-order valence-corrected chi connectivity index (χ0v) is 15.3. The lowest BCUT2D eigenvalue weighted by Gasteiger charge is -2.02. The predicted octanol–water partition coefficient (Wildman–Crippen LogP) is 4.97. The summed E-state index contributed by atoms with van der Waals surface area (Å²) in [7, 11) is 1.52. The molecule has 0 aliphatic heterocycles. The summed E-state index contributed by atoms with van der Waals surface area (Å²) in [4.78, 5) is 11.5. The van der Waals surface area contributed by atoms with E-state index in [0.717, 1.165) is 10.9 Å². The van der Waals surface area contributed by atoms with Crippen LogP contribution < -0.4 is 10.5 Å². The summed E-state index contributed by atoms with van der Waals surface area (Å²) in [6.45, 7) is 8.00. The van der Waals surface area contributed by atoms with E-state index in [0.29, 0.717) is 17.1 Å². The average Bonchev–Trinajstić information content (AvgIpc) is 3.08. The van der Waals surface area contributed by atoms with Gasteiger partial charge in [0, 0.05) is 10.9 Å². The molecule has 3 N–H and O–H groups in total. The molecule has 5 heteroatoms. The van der Waals surface area contributed by atoms with E-state index in [1.807, 2.05) is 27.7 Å². The summed E-state index contributed by atoms with van der Waals surface area (Å²) in [6, 6.07) is 11.7. The molecule has 0 fully saturated rings. The van der Waals surface area contributed by atoms with Gasteiger partial charge in [0.05, 0.1) is 12.7 Å². The quantitative estimate of drug-likeness (QED) is 0.703. The number of furan rings is 1. The zero-order chi connectivity index (χ0) is 19.0. The van der Waals surface area contributed by atoms with Gasteiger partial charge in [-0.25, -0.2) is 0 Å². The molecule has 0 saturated carbocycles. The van der Waals surface area contributed by atoms with Crippen LogP contribution in [0.15, 0.2) is 46.9 Å². The fourth-order valence-electron chi connectivity index (χ4n) is 2.19. The molecule has 1 heterocycles. The maximum absolute atomic E-state index is 11.5. The molecule has 0 saturated heterocycles. The SMILES string of the molecule is CC.CC.COc1cc(C(N)=O)c2oc(-c3ccc(O)cc3)cc2c1. The molecule has 0 bridgehead atoms. The van der Waals surface area contributed by atoms with E-state index in [9.17, 15) is 9.90 Å². The number of rotatable bonds is 3. The summed E-state index contributed by atoms with van der Waals surface area (Å²) in [5, 5.41) is 10.0. The smallest absolute Gasteiger partial charge is 0.252 e. The second kappa shape index (κ2) is 9.37. The van der Waals surface area contributed by atoms with Gasteiger partial charge in [-0.2, -0.15) is 0 Å². The second-order valence-corrected chi connectivity index (χ2v) is 4.62. The number of amides is 1. The van der Waals surface area contributed by atoms with Crippen molar-refractivity contribution in [3.63, 3.8) is 0 Å². The molecule has 0 aliphatic rings. The Bertz CT molecular complexity index is 820. The maximum atomic E-state index is 11.5. The molecule has 0 aliphatic carbocycles. The molecule has 25 heavy (non-hydrogen) atoms. The van der Waals surface area contributed by atoms with Crippen LogP contribution in [0.25, 0.3) is 22.3 Å². The van der Waals surface area contributed by atoms with Gasteiger partial charge in [0.25, 0.3) is 5.91 Å². The van der Waals surface area contributed by atoms with E-state index >= 15 is 0 Å². The van der Waals surface area contributed by atoms with Gasteiger partial charge in [0.15, 0.2) is 0 Å². The highest BCUT2D eigenvalue weighted by atomic mass is 16.5. The predicted molar refractivity (Wildman–Crippen MR) is 101 cm³/mol. The highest BCUT2D eigenvalue weighted by Gasteiger charge is 2.15. The summed E-state index contributed by atoms with van der Waals surface area (Å²) < 4.78 is 10.9. The van der Waals surface area contributed by atoms with Crippen molar-refractivity contribution in [3.05, 3.63) is 48.0 Å². The highest BCUT2D eigenvalue weighted by Crippen LogP contribution is 2.33. The van der Waals surface area contributed by atoms with Crippen LogP contribution in [0.1, 0.15) is 38.1 Å². The first-order chi connectivity index (χ1) is 12.1. The van der Waals surface area contributed by atoms with Crippen molar-refractivity contribution >= 4 is 16.9 Å². The monoisotopic (exact) mass is 343 g/mol. The van der Waals surface area contributed by atoms with Crippen molar-refractivity contribution in [1.82, 2.24) is 0 Å². The van der Waals surface area contributed by atoms with Gasteiger partial charge < -0.3 is 20.0 Å². The van der Waals surface area contributed by atoms with Gasteiger partial charge in [0.2, 0.25) is 0 Å². The molecule has 3 aromatic rings. The molecule has 1 amide bonds. The molecule has 0 unspecified atom stereocenters. The molecule has 134 valence electrons. The molecule has 0 spiro atoms. The number of carbonyl (C=O) groups excluding carboxylic acids is 1. The number of benzene rings is 2. The lowest BCUT2D eigenvalue weighted by molar-refractivity contribution is 0.100. The average molecular weight is 343 g/mol. The number of fused-ring (bicyclic) bond motifs is 1. The Morgan fingerprint density at radius 2 is 1.64 bits per heavy atom. The van der Waals surface area contributed by atoms with E-state index in [-0.39, 0.29) is 11.3 Å². The van der Waals surface area contributed by atoms with E-state index < -0.39 is 5.91 Å². The molecule has 3 rings (SSSR count). The summed E-state index contributed by atoms with van der Waals surface area (Å²) >= 11 is 0. The minimum absolute atomic E-state index is 0.175. The Morgan fingerprint density at radius 1 is 1.04 bits per heavy atom. The highest BCUT2D eigenvalue weighted by molar-refractivity contribution is 6.05. The minimum atomic E-state index is -0.578. The fourth-order valence-corrected chi connectivity index (χ4v) is 2.19. The summed E-state index contributed by atoms with van der Waals surface area (Å²) in [6.07, 6.45) is 0. The Balaban J connectivity index is 0.000000730. The van der Waals surface area contributed by atoms with E-state index in [1.165, 1.54) is 7.11 Å². The lowest BCUT2D eigenvalue weighted by Crippen LogP contribution is -2.11. The van der Waals surface area contributed by atoms with Crippen molar-refractivity contribution in [1.29, 1.82) is 0 Å². The fraction of sp³-hybridized carbons (Fsp3) is 0.250. The van der Waals surface area contributed by atoms with Crippen LogP contribution >= 0.6 is 0 Å². The zero-order valence-electron chi connectivity index (χ0n) is 15.3. The van der Waals surface area contributed by atoms with Crippen LogP contribution in [0.3, 0.4) is 0 Å². The largest absolute Gasteiger partial charge is 0.508 e. The Labute approximate surface area is 148 Å². The number of carbonyl (C=O) groups is 1. The van der Waals surface area contributed by atoms with Crippen LogP contribution in [0.4, 0.5) is 0 Å². The first-order valence-electron chi connectivity index (χ1n) is 8.29. The van der Waals surface area contributed by atoms with Gasteiger partial charge in [-0.15, -0.1) is 0 Å². The Morgan fingerprint density at radius 3 is 2.16 bits per heavy atom. The van der Waals surface area contributed by atoms with E-state index in [4.69, 9.17) is 14.9 Å².